The Morgan fingerprint density at radius 2 is 1.67 bits per heavy atom. The number of hydrogen-bond acceptors (Lipinski definition) is 2. The second kappa shape index (κ2) is 6.94. The molecule has 0 N–H and O–H groups in total. The summed E-state index contributed by atoms with van der Waals surface area (Å²) in [6, 6.07) is 0. The molecule has 92 valence electrons. The maximum Gasteiger partial charge on any atom is 0.400 e. The largest absolute Gasteiger partial charge is 0.400 e. The van der Waals surface area contributed by atoms with E-state index in [2.05, 4.69) is 12.6 Å². The lowest BCUT2D eigenvalue weighted by Crippen LogP contribution is -2.27. The Hall–Kier alpha value is 0.490. The van der Waals surface area contributed by atoms with Gasteiger partial charge < -0.3 is 0 Å². The van der Waals surface area contributed by atoms with E-state index >= 15 is 0 Å². The van der Waals surface area contributed by atoms with Crippen LogP contribution in [0.1, 0.15) is 40.0 Å². The van der Waals surface area contributed by atoms with Crippen molar-refractivity contribution in [3.8, 4) is 0 Å². The topological polar surface area (TPSA) is 0 Å². The minimum Gasteiger partial charge on any atom is -0.170 e. The van der Waals surface area contributed by atoms with Gasteiger partial charge >= 0.3 is 6.18 Å². The number of hydrogen-bond donors (Lipinski definition) is 1. The van der Waals surface area contributed by atoms with Gasteiger partial charge in [0.2, 0.25) is 0 Å². The molecule has 0 heterocycles. The molecule has 0 saturated carbocycles. The van der Waals surface area contributed by atoms with Crippen LogP contribution in [0.25, 0.3) is 0 Å². The summed E-state index contributed by atoms with van der Waals surface area (Å²) in [7, 11) is 0. The van der Waals surface area contributed by atoms with Crippen molar-refractivity contribution >= 4 is 24.4 Å². The molecular weight excluding hydrogens is 241 g/mol. The van der Waals surface area contributed by atoms with E-state index in [9.17, 15) is 13.2 Å². The van der Waals surface area contributed by atoms with Gasteiger partial charge in [0.05, 0.1) is 0 Å². The predicted molar refractivity (Wildman–Crippen MR) is 64.6 cm³/mol. The molecule has 0 rings (SSSR count). The molecule has 0 fully saturated rings. The van der Waals surface area contributed by atoms with Crippen LogP contribution >= 0.6 is 24.4 Å². The quantitative estimate of drug-likeness (QED) is 0.531. The highest BCUT2D eigenvalue weighted by Gasteiger charge is 2.39. The van der Waals surface area contributed by atoms with Crippen LogP contribution in [0.3, 0.4) is 0 Å². The van der Waals surface area contributed by atoms with Crippen molar-refractivity contribution in [3.05, 3.63) is 0 Å². The summed E-state index contributed by atoms with van der Waals surface area (Å²) in [5, 5.41) is -1.26. The van der Waals surface area contributed by atoms with Gasteiger partial charge in [-0.2, -0.15) is 25.8 Å². The molecule has 0 bridgehead atoms. The summed E-state index contributed by atoms with van der Waals surface area (Å²) in [6.45, 7) is 5.73. The van der Waals surface area contributed by atoms with Gasteiger partial charge in [-0.05, 0) is 19.3 Å². The molecule has 5 heteroatoms. The smallest absolute Gasteiger partial charge is 0.170 e. The van der Waals surface area contributed by atoms with Gasteiger partial charge in [0, 0.05) is 4.58 Å². The summed E-state index contributed by atoms with van der Waals surface area (Å²) in [6.07, 6.45) is -2.40. The lowest BCUT2D eigenvalue weighted by molar-refractivity contribution is -0.130. The first-order valence-corrected chi connectivity index (χ1v) is 6.59. The summed E-state index contributed by atoms with van der Waals surface area (Å²) in [4.78, 5) is 0. The van der Waals surface area contributed by atoms with Crippen LogP contribution in [0.2, 0.25) is 0 Å². The molecule has 0 amide bonds. The summed E-state index contributed by atoms with van der Waals surface area (Å²) < 4.78 is 37.4. The van der Waals surface area contributed by atoms with Gasteiger partial charge in [0.15, 0.2) is 0 Å². The maximum atomic E-state index is 12.6. The Balaban J connectivity index is 4.03. The van der Waals surface area contributed by atoms with Gasteiger partial charge in [-0.25, -0.2) is 0 Å². The zero-order valence-corrected chi connectivity index (χ0v) is 11.1. The lowest BCUT2D eigenvalue weighted by Gasteiger charge is -2.21. The highest BCUT2D eigenvalue weighted by atomic mass is 32.2. The van der Waals surface area contributed by atoms with Crippen LogP contribution in [0.5, 0.6) is 0 Å². The average Bonchev–Trinajstić information content (AvgIpc) is 1.99. The number of halogens is 3. The number of rotatable bonds is 6. The highest BCUT2D eigenvalue weighted by Crippen LogP contribution is 2.37. The first kappa shape index (κ1) is 15.5. The van der Waals surface area contributed by atoms with Crippen LogP contribution in [-0.4, -0.2) is 16.0 Å². The van der Waals surface area contributed by atoms with Crippen molar-refractivity contribution in [1.82, 2.24) is 0 Å². The number of alkyl halides is 3. The van der Waals surface area contributed by atoms with Crippen molar-refractivity contribution in [2.75, 3.05) is 0 Å². The molecule has 2 atom stereocenters. The fourth-order valence-corrected chi connectivity index (χ4v) is 2.63. The Morgan fingerprint density at radius 3 is 2.00 bits per heavy atom. The van der Waals surface area contributed by atoms with Crippen LogP contribution in [0, 0.1) is 5.92 Å². The third kappa shape index (κ3) is 8.31. The summed E-state index contributed by atoms with van der Waals surface area (Å²) >= 11 is 4.89. The Bertz CT molecular complexity index is 167. The molecule has 0 saturated heterocycles. The predicted octanol–water partition coefficient (Wildman–Crippen LogP) is 4.75. The second-order valence-electron chi connectivity index (χ2n) is 4.09. The van der Waals surface area contributed by atoms with E-state index < -0.39 is 11.4 Å². The third-order valence-electron chi connectivity index (χ3n) is 1.97. The molecule has 0 aliphatic heterocycles. The van der Waals surface area contributed by atoms with E-state index in [0.29, 0.717) is 12.3 Å². The monoisotopic (exact) mass is 260 g/mol. The van der Waals surface area contributed by atoms with Crippen LogP contribution in [-0.2, 0) is 0 Å². The average molecular weight is 260 g/mol. The van der Waals surface area contributed by atoms with E-state index in [1.165, 1.54) is 0 Å². The van der Waals surface area contributed by atoms with Crippen molar-refractivity contribution in [3.63, 3.8) is 0 Å². The molecule has 0 radical (unpaired) electrons. The minimum absolute atomic E-state index is 0.206. The van der Waals surface area contributed by atoms with Gasteiger partial charge in [-0.3, -0.25) is 0 Å². The Kier molecular flexibility index (Phi) is 7.17. The molecule has 0 spiro atoms. The van der Waals surface area contributed by atoms with E-state index in [1.54, 1.807) is 6.92 Å². The van der Waals surface area contributed by atoms with Gasteiger partial charge in [0.1, 0.15) is 5.25 Å². The maximum absolute atomic E-state index is 12.6. The van der Waals surface area contributed by atoms with E-state index in [-0.39, 0.29) is 11.0 Å². The van der Waals surface area contributed by atoms with Gasteiger partial charge in [-0.1, -0.05) is 26.7 Å². The molecular formula is C10H19F3S2. The van der Waals surface area contributed by atoms with Crippen LogP contribution in [0.4, 0.5) is 13.2 Å². The molecule has 0 aromatic heterocycles. The molecule has 0 aromatic rings. The van der Waals surface area contributed by atoms with Gasteiger partial charge in [-0.15, -0.1) is 11.8 Å². The van der Waals surface area contributed by atoms with Crippen LogP contribution < -0.4 is 0 Å². The zero-order valence-electron chi connectivity index (χ0n) is 9.34. The molecule has 15 heavy (non-hydrogen) atoms. The first-order chi connectivity index (χ1) is 6.73. The van der Waals surface area contributed by atoms with Gasteiger partial charge in [0.25, 0.3) is 0 Å². The number of thiol groups is 1. The normalized spacial score (nSPS) is 16.8. The zero-order chi connectivity index (χ0) is 12.1. The Morgan fingerprint density at radius 1 is 1.13 bits per heavy atom. The van der Waals surface area contributed by atoms with Crippen molar-refractivity contribution in [2.45, 2.75) is 56.0 Å². The number of thioether (sulfide) groups is 1. The SMILES string of the molecule is CC(C)CCC[C@@H](SC(C)S)C(F)(F)F. The second-order valence-corrected chi connectivity index (χ2v) is 6.76. The summed E-state index contributed by atoms with van der Waals surface area (Å²) in [5.41, 5.74) is 0. The fraction of sp³-hybridized carbons (Fsp3) is 1.00. The first-order valence-electron chi connectivity index (χ1n) is 5.13. The Labute approximate surface area is 99.8 Å². The minimum atomic E-state index is -4.10. The molecule has 1 unspecified atom stereocenters. The summed E-state index contributed by atoms with van der Waals surface area (Å²) in [5.74, 6) is 0.470. The third-order valence-corrected chi connectivity index (χ3v) is 3.56. The van der Waals surface area contributed by atoms with Crippen molar-refractivity contribution in [1.29, 1.82) is 0 Å². The molecule has 0 aromatic carbocycles. The molecule has 0 aliphatic carbocycles. The lowest BCUT2D eigenvalue weighted by atomic mass is 10.1. The molecule has 0 aliphatic rings. The fourth-order valence-electron chi connectivity index (χ4n) is 1.26. The van der Waals surface area contributed by atoms with Crippen molar-refractivity contribution < 1.29 is 13.2 Å². The van der Waals surface area contributed by atoms with E-state index in [0.717, 1.165) is 18.2 Å². The molecule has 0 nitrogen and oxygen atoms in total. The van der Waals surface area contributed by atoms with Crippen molar-refractivity contribution in [2.24, 2.45) is 5.92 Å². The standard InChI is InChI=1S/C10H19F3S2/c1-7(2)5-4-6-9(10(11,12)13)15-8(3)14/h7-9,14H,4-6H2,1-3H3/t8?,9-/m1/s1. The van der Waals surface area contributed by atoms with E-state index in [1.807, 2.05) is 13.8 Å². The highest BCUT2D eigenvalue weighted by molar-refractivity contribution is 8.10. The van der Waals surface area contributed by atoms with Crippen LogP contribution in [0.15, 0.2) is 0 Å². The van der Waals surface area contributed by atoms with E-state index in [4.69, 9.17) is 0 Å².